The highest BCUT2D eigenvalue weighted by Crippen LogP contribution is 2.34. The van der Waals surface area contributed by atoms with E-state index < -0.39 is 0 Å². The molecule has 0 aromatic heterocycles. The highest BCUT2D eigenvalue weighted by atomic mass is 15.1. The van der Waals surface area contributed by atoms with Gasteiger partial charge in [0.05, 0.1) is 0 Å². The third-order valence-corrected chi connectivity index (χ3v) is 5.59. The molecular formula is C20H32N2. The standard InChI is InChI=1S/C20H32N2/c21-19(16-17-10-4-1-2-5-11-17)18-12-6-7-13-20(18)22-14-8-3-9-15-22/h6-7,12-13,17,19H,1-5,8-11,14-16,21H2/t19-/m1/s1. The first-order valence-electron chi connectivity index (χ1n) is 9.44. The monoisotopic (exact) mass is 300 g/mol. The van der Waals surface area contributed by atoms with Crippen LogP contribution >= 0.6 is 0 Å². The van der Waals surface area contributed by atoms with E-state index in [0.717, 1.165) is 5.92 Å². The summed E-state index contributed by atoms with van der Waals surface area (Å²) < 4.78 is 0. The molecule has 1 heterocycles. The molecule has 2 fully saturated rings. The zero-order valence-electron chi connectivity index (χ0n) is 14.0. The number of anilines is 1. The van der Waals surface area contributed by atoms with Gasteiger partial charge in [-0.3, -0.25) is 0 Å². The molecule has 1 aliphatic carbocycles. The first kappa shape index (κ1) is 15.9. The van der Waals surface area contributed by atoms with E-state index in [1.54, 1.807) is 0 Å². The van der Waals surface area contributed by atoms with Gasteiger partial charge < -0.3 is 10.6 Å². The number of hydrogen-bond donors (Lipinski definition) is 1. The normalized spacial score (nSPS) is 22.3. The number of para-hydroxylation sites is 1. The first-order valence-corrected chi connectivity index (χ1v) is 9.44. The largest absolute Gasteiger partial charge is 0.371 e. The highest BCUT2D eigenvalue weighted by molar-refractivity contribution is 5.55. The van der Waals surface area contributed by atoms with E-state index in [1.165, 1.54) is 88.5 Å². The number of nitrogens with two attached hydrogens (primary N) is 1. The number of hydrogen-bond acceptors (Lipinski definition) is 2. The van der Waals surface area contributed by atoms with E-state index in [1.807, 2.05) is 0 Å². The molecule has 1 saturated carbocycles. The summed E-state index contributed by atoms with van der Waals surface area (Å²) in [5.74, 6) is 0.840. The third-order valence-electron chi connectivity index (χ3n) is 5.59. The molecule has 0 spiro atoms. The van der Waals surface area contributed by atoms with Crippen molar-refractivity contribution in [3.05, 3.63) is 29.8 Å². The molecule has 3 rings (SSSR count). The fourth-order valence-corrected chi connectivity index (χ4v) is 4.31. The minimum absolute atomic E-state index is 0.209. The van der Waals surface area contributed by atoms with Crippen LogP contribution in [0.2, 0.25) is 0 Å². The molecule has 2 N–H and O–H groups in total. The minimum Gasteiger partial charge on any atom is -0.371 e. The average molecular weight is 300 g/mol. The predicted molar refractivity (Wildman–Crippen MR) is 95.2 cm³/mol. The SMILES string of the molecule is N[C@H](CC1CCCCCC1)c1ccccc1N1CCCCC1. The van der Waals surface area contributed by atoms with E-state index in [9.17, 15) is 0 Å². The smallest absolute Gasteiger partial charge is 0.0414 e. The van der Waals surface area contributed by atoms with Crippen LogP contribution in [0.1, 0.15) is 75.8 Å². The summed E-state index contributed by atoms with van der Waals surface area (Å²) in [6.45, 7) is 2.40. The lowest BCUT2D eigenvalue weighted by atomic mass is 9.89. The van der Waals surface area contributed by atoms with Crippen molar-refractivity contribution in [2.45, 2.75) is 70.3 Å². The Kier molecular flexibility index (Phi) is 5.77. The maximum Gasteiger partial charge on any atom is 0.0414 e. The number of benzene rings is 1. The van der Waals surface area contributed by atoms with Crippen molar-refractivity contribution in [2.75, 3.05) is 18.0 Å². The van der Waals surface area contributed by atoms with E-state index in [0.29, 0.717) is 0 Å². The van der Waals surface area contributed by atoms with Crippen molar-refractivity contribution < 1.29 is 0 Å². The predicted octanol–water partition coefficient (Wildman–Crippen LogP) is 5.04. The van der Waals surface area contributed by atoms with Gasteiger partial charge in [0, 0.05) is 24.8 Å². The fraction of sp³-hybridized carbons (Fsp3) is 0.700. The van der Waals surface area contributed by atoms with Crippen molar-refractivity contribution in [1.82, 2.24) is 0 Å². The van der Waals surface area contributed by atoms with Crippen molar-refractivity contribution >= 4 is 5.69 Å². The second kappa shape index (κ2) is 8.01. The molecule has 2 nitrogen and oxygen atoms in total. The van der Waals surface area contributed by atoms with Gasteiger partial charge in [-0.2, -0.15) is 0 Å². The van der Waals surface area contributed by atoms with Gasteiger partial charge in [-0.1, -0.05) is 56.7 Å². The van der Waals surface area contributed by atoms with Gasteiger partial charge in [-0.25, -0.2) is 0 Å². The second-order valence-electron chi connectivity index (χ2n) is 7.31. The van der Waals surface area contributed by atoms with E-state index in [4.69, 9.17) is 5.73 Å². The molecule has 0 unspecified atom stereocenters. The van der Waals surface area contributed by atoms with E-state index >= 15 is 0 Å². The van der Waals surface area contributed by atoms with Crippen LogP contribution in [0.15, 0.2) is 24.3 Å². The summed E-state index contributed by atoms with van der Waals surface area (Å²) in [5, 5.41) is 0. The van der Waals surface area contributed by atoms with Crippen LogP contribution in [0.25, 0.3) is 0 Å². The van der Waals surface area contributed by atoms with Gasteiger partial charge >= 0.3 is 0 Å². The number of rotatable bonds is 4. The lowest BCUT2D eigenvalue weighted by Gasteiger charge is -2.32. The zero-order chi connectivity index (χ0) is 15.2. The van der Waals surface area contributed by atoms with Crippen LogP contribution in [-0.4, -0.2) is 13.1 Å². The Morgan fingerprint density at radius 3 is 2.27 bits per heavy atom. The molecule has 1 aromatic carbocycles. The van der Waals surface area contributed by atoms with Gasteiger partial charge in [0.25, 0.3) is 0 Å². The molecule has 1 atom stereocenters. The molecule has 2 heteroatoms. The Morgan fingerprint density at radius 2 is 1.55 bits per heavy atom. The fourth-order valence-electron chi connectivity index (χ4n) is 4.31. The molecule has 2 aliphatic rings. The van der Waals surface area contributed by atoms with Gasteiger partial charge in [-0.15, -0.1) is 0 Å². The van der Waals surface area contributed by atoms with Crippen molar-refractivity contribution in [3.63, 3.8) is 0 Å². The summed E-state index contributed by atoms with van der Waals surface area (Å²) in [4.78, 5) is 2.56. The van der Waals surface area contributed by atoms with Crippen LogP contribution in [0.4, 0.5) is 5.69 Å². The molecular weight excluding hydrogens is 268 g/mol. The lowest BCUT2D eigenvalue weighted by Crippen LogP contribution is -2.31. The molecule has 22 heavy (non-hydrogen) atoms. The van der Waals surface area contributed by atoms with Crippen LogP contribution < -0.4 is 10.6 Å². The summed E-state index contributed by atoms with van der Waals surface area (Å²) in [5.41, 5.74) is 9.45. The topological polar surface area (TPSA) is 29.3 Å². The highest BCUT2D eigenvalue weighted by Gasteiger charge is 2.21. The van der Waals surface area contributed by atoms with Crippen LogP contribution in [0.5, 0.6) is 0 Å². The molecule has 0 amide bonds. The van der Waals surface area contributed by atoms with Crippen molar-refractivity contribution in [2.24, 2.45) is 11.7 Å². The minimum atomic E-state index is 0.209. The maximum atomic E-state index is 6.66. The summed E-state index contributed by atoms with van der Waals surface area (Å²) in [6.07, 6.45) is 13.7. The molecule has 1 aliphatic heterocycles. The Morgan fingerprint density at radius 1 is 0.909 bits per heavy atom. The van der Waals surface area contributed by atoms with Crippen LogP contribution in [0, 0.1) is 5.92 Å². The van der Waals surface area contributed by atoms with Crippen molar-refractivity contribution in [1.29, 1.82) is 0 Å². The molecule has 0 bridgehead atoms. The average Bonchev–Trinajstić information content (AvgIpc) is 2.84. The number of nitrogens with zero attached hydrogens (tertiary/aromatic N) is 1. The Balaban J connectivity index is 1.69. The van der Waals surface area contributed by atoms with E-state index in [2.05, 4.69) is 29.2 Å². The zero-order valence-corrected chi connectivity index (χ0v) is 14.0. The van der Waals surface area contributed by atoms with Gasteiger partial charge in [0.1, 0.15) is 0 Å². The Hall–Kier alpha value is -1.02. The third kappa shape index (κ3) is 4.04. The first-order chi connectivity index (χ1) is 10.8. The van der Waals surface area contributed by atoms with Gasteiger partial charge in [0.15, 0.2) is 0 Å². The summed E-state index contributed by atoms with van der Waals surface area (Å²) >= 11 is 0. The Bertz CT molecular complexity index is 443. The van der Waals surface area contributed by atoms with Crippen molar-refractivity contribution in [3.8, 4) is 0 Å². The van der Waals surface area contributed by atoms with Gasteiger partial charge in [0.2, 0.25) is 0 Å². The van der Waals surface area contributed by atoms with Crippen LogP contribution in [0.3, 0.4) is 0 Å². The summed E-state index contributed by atoms with van der Waals surface area (Å²) in [7, 11) is 0. The number of piperidine rings is 1. The van der Waals surface area contributed by atoms with Gasteiger partial charge in [-0.05, 0) is 43.2 Å². The Labute approximate surface area is 136 Å². The second-order valence-corrected chi connectivity index (χ2v) is 7.31. The quantitative estimate of drug-likeness (QED) is 0.790. The van der Waals surface area contributed by atoms with Crippen LogP contribution in [-0.2, 0) is 0 Å². The molecule has 1 aromatic rings. The maximum absolute atomic E-state index is 6.66. The lowest BCUT2D eigenvalue weighted by molar-refractivity contribution is 0.392. The molecule has 122 valence electrons. The summed E-state index contributed by atoms with van der Waals surface area (Å²) in [6, 6.07) is 9.10. The molecule has 0 radical (unpaired) electrons. The van der Waals surface area contributed by atoms with E-state index in [-0.39, 0.29) is 6.04 Å². The molecule has 1 saturated heterocycles.